The fourth-order valence-electron chi connectivity index (χ4n) is 3.49. The van der Waals surface area contributed by atoms with Gasteiger partial charge < -0.3 is 15.3 Å². The lowest BCUT2D eigenvalue weighted by Crippen LogP contribution is -2.26. The van der Waals surface area contributed by atoms with E-state index in [-0.39, 0.29) is 6.04 Å². The Morgan fingerprint density at radius 1 is 1.29 bits per heavy atom. The Hall–Kier alpha value is -1.22. The van der Waals surface area contributed by atoms with E-state index in [1.54, 1.807) is 0 Å². The van der Waals surface area contributed by atoms with Crippen LogP contribution in [0.3, 0.4) is 0 Å². The van der Waals surface area contributed by atoms with Gasteiger partial charge in [-0.25, -0.2) is 0 Å². The number of nitrogens with zero attached hydrogens (tertiary/aromatic N) is 1. The highest BCUT2D eigenvalue weighted by molar-refractivity contribution is 5.55. The van der Waals surface area contributed by atoms with E-state index in [0.717, 1.165) is 30.9 Å². The first-order chi connectivity index (χ1) is 10.0. The summed E-state index contributed by atoms with van der Waals surface area (Å²) in [6.45, 7) is 11.9. The molecule has 2 N–H and O–H groups in total. The molecule has 0 amide bonds. The summed E-state index contributed by atoms with van der Waals surface area (Å²) in [5, 5.41) is 13.7. The monoisotopic (exact) mass is 290 g/mol. The third kappa shape index (κ3) is 3.34. The molecule has 0 spiro atoms. The Bertz CT molecular complexity index is 468. The predicted octanol–water partition coefficient (Wildman–Crippen LogP) is 4.08. The SMILES string of the molecule is CCNC(C)c1ccc(N2CCC(CC)(CC)C2)cc1O. The third-order valence-electron chi connectivity index (χ3n) is 5.29. The van der Waals surface area contributed by atoms with Crippen LogP contribution in [0.2, 0.25) is 0 Å². The van der Waals surface area contributed by atoms with Crippen LogP contribution < -0.4 is 10.2 Å². The van der Waals surface area contributed by atoms with Gasteiger partial charge in [0.05, 0.1) is 0 Å². The number of phenolic OH excluding ortho intramolecular Hbond substituents is 1. The second-order valence-electron chi connectivity index (χ2n) is 6.40. The minimum absolute atomic E-state index is 0.188. The average Bonchev–Trinajstić information content (AvgIpc) is 2.92. The highest BCUT2D eigenvalue weighted by Crippen LogP contribution is 2.40. The number of rotatable bonds is 6. The van der Waals surface area contributed by atoms with Gasteiger partial charge in [0, 0.05) is 36.4 Å². The first-order valence-electron chi connectivity index (χ1n) is 8.36. The Balaban J connectivity index is 2.14. The van der Waals surface area contributed by atoms with E-state index < -0.39 is 0 Å². The van der Waals surface area contributed by atoms with Gasteiger partial charge in [-0.15, -0.1) is 0 Å². The van der Waals surface area contributed by atoms with Crippen LogP contribution in [0.4, 0.5) is 5.69 Å². The van der Waals surface area contributed by atoms with Crippen LogP contribution in [0.1, 0.15) is 58.6 Å². The molecular formula is C18H30N2O. The van der Waals surface area contributed by atoms with E-state index >= 15 is 0 Å². The number of hydrogen-bond donors (Lipinski definition) is 2. The molecule has 1 aromatic carbocycles. The van der Waals surface area contributed by atoms with Crippen LogP contribution in [-0.4, -0.2) is 24.7 Å². The molecule has 3 nitrogen and oxygen atoms in total. The van der Waals surface area contributed by atoms with E-state index in [0.29, 0.717) is 11.2 Å². The summed E-state index contributed by atoms with van der Waals surface area (Å²) >= 11 is 0. The minimum atomic E-state index is 0.188. The molecule has 3 heteroatoms. The van der Waals surface area contributed by atoms with Crippen LogP contribution in [0.25, 0.3) is 0 Å². The van der Waals surface area contributed by atoms with Gasteiger partial charge in [0.2, 0.25) is 0 Å². The summed E-state index contributed by atoms with van der Waals surface area (Å²) in [6, 6.07) is 6.35. The number of phenols is 1. The maximum absolute atomic E-state index is 10.3. The maximum Gasteiger partial charge on any atom is 0.122 e. The summed E-state index contributed by atoms with van der Waals surface area (Å²) in [5.41, 5.74) is 2.60. The van der Waals surface area contributed by atoms with Crippen molar-refractivity contribution in [1.82, 2.24) is 5.32 Å². The van der Waals surface area contributed by atoms with Crippen molar-refractivity contribution < 1.29 is 5.11 Å². The lowest BCUT2D eigenvalue weighted by molar-refractivity contribution is 0.301. The van der Waals surface area contributed by atoms with Gasteiger partial charge in [-0.2, -0.15) is 0 Å². The topological polar surface area (TPSA) is 35.5 Å². The Kier molecular flexibility index (Phi) is 5.15. The first-order valence-corrected chi connectivity index (χ1v) is 8.36. The predicted molar refractivity (Wildman–Crippen MR) is 90.0 cm³/mol. The standard InChI is InChI=1S/C18H30N2O/c1-5-18(6-2)10-11-20(13-18)15-8-9-16(17(21)12-15)14(4)19-7-3/h8-9,12,14,19,21H,5-7,10-11,13H2,1-4H3. The van der Waals surface area contributed by atoms with E-state index in [4.69, 9.17) is 0 Å². The smallest absolute Gasteiger partial charge is 0.122 e. The molecule has 0 saturated carbocycles. The minimum Gasteiger partial charge on any atom is -0.508 e. The summed E-state index contributed by atoms with van der Waals surface area (Å²) in [4.78, 5) is 2.43. The molecule has 1 unspecified atom stereocenters. The van der Waals surface area contributed by atoms with Gasteiger partial charge in [0.25, 0.3) is 0 Å². The van der Waals surface area contributed by atoms with Crippen LogP contribution >= 0.6 is 0 Å². The molecule has 0 radical (unpaired) electrons. The average molecular weight is 290 g/mol. The van der Waals surface area contributed by atoms with Gasteiger partial charge in [-0.3, -0.25) is 0 Å². The molecule has 21 heavy (non-hydrogen) atoms. The summed E-state index contributed by atoms with van der Waals surface area (Å²) in [5.74, 6) is 0.409. The second-order valence-corrected chi connectivity index (χ2v) is 6.40. The zero-order valence-corrected chi connectivity index (χ0v) is 13.9. The molecule has 0 aromatic heterocycles. The fourth-order valence-corrected chi connectivity index (χ4v) is 3.49. The quantitative estimate of drug-likeness (QED) is 0.828. The number of aromatic hydroxyl groups is 1. The first kappa shape index (κ1) is 16.2. The number of anilines is 1. The van der Waals surface area contributed by atoms with Crippen molar-refractivity contribution in [2.24, 2.45) is 5.41 Å². The van der Waals surface area contributed by atoms with Gasteiger partial charge in [-0.1, -0.05) is 26.8 Å². The maximum atomic E-state index is 10.3. The van der Waals surface area contributed by atoms with Gasteiger partial charge in [-0.05, 0) is 44.2 Å². The molecule has 0 bridgehead atoms. The van der Waals surface area contributed by atoms with Crippen LogP contribution in [0.5, 0.6) is 5.75 Å². The molecule has 118 valence electrons. The van der Waals surface area contributed by atoms with Gasteiger partial charge in [0.1, 0.15) is 5.75 Å². The van der Waals surface area contributed by atoms with Crippen molar-refractivity contribution in [2.75, 3.05) is 24.5 Å². The van der Waals surface area contributed by atoms with Crippen LogP contribution in [0, 0.1) is 5.41 Å². The summed E-state index contributed by atoms with van der Waals surface area (Å²) in [7, 11) is 0. The molecular weight excluding hydrogens is 260 g/mol. The van der Waals surface area contributed by atoms with E-state index in [1.165, 1.54) is 19.3 Å². The van der Waals surface area contributed by atoms with E-state index in [1.807, 2.05) is 6.07 Å². The van der Waals surface area contributed by atoms with Crippen molar-refractivity contribution in [1.29, 1.82) is 0 Å². The lowest BCUT2D eigenvalue weighted by atomic mass is 9.82. The Labute approximate surface area is 129 Å². The fraction of sp³-hybridized carbons (Fsp3) is 0.667. The van der Waals surface area contributed by atoms with Crippen LogP contribution in [0.15, 0.2) is 18.2 Å². The second kappa shape index (κ2) is 6.69. The molecule has 1 aliphatic rings. The molecule has 2 rings (SSSR count). The van der Waals surface area contributed by atoms with Gasteiger partial charge in [0.15, 0.2) is 0 Å². The van der Waals surface area contributed by atoms with E-state index in [2.05, 4.69) is 50.0 Å². The lowest BCUT2D eigenvalue weighted by Gasteiger charge is -2.27. The Morgan fingerprint density at radius 2 is 2.00 bits per heavy atom. The third-order valence-corrected chi connectivity index (χ3v) is 5.29. The van der Waals surface area contributed by atoms with Crippen molar-refractivity contribution in [3.63, 3.8) is 0 Å². The van der Waals surface area contributed by atoms with Crippen molar-refractivity contribution in [3.05, 3.63) is 23.8 Å². The molecule has 1 heterocycles. The normalized spacial score (nSPS) is 19.0. The zero-order chi connectivity index (χ0) is 15.5. The van der Waals surface area contributed by atoms with Crippen molar-refractivity contribution in [2.45, 2.75) is 53.0 Å². The van der Waals surface area contributed by atoms with Crippen LogP contribution in [-0.2, 0) is 0 Å². The van der Waals surface area contributed by atoms with Crippen molar-refractivity contribution >= 4 is 5.69 Å². The summed E-state index contributed by atoms with van der Waals surface area (Å²) in [6.07, 6.45) is 3.74. The molecule has 1 atom stereocenters. The molecule has 0 aliphatic carbocycles. The highest BCUT2D eigenvalue weighted by atomic mass is 16.3. The number of benzene rings is 1. The molecule has 1 saturated heterocycles. The molecule has 1 fully saturated rings. The number of hydrogen-bond acceptors (Lipinski definition) is 3. The highest BCUT2D eigenvalue weighted by Gasteiger charge is 2.35. The summed E-state index contributed by atoms with van der Waals surface area (Å²) < 4.78 is 0. The van der Waals surface area contributed by atoms with E-state index in [9.17, 15) is 5.11 Å². The zero-order valence-electron chi connectivity index (χ0n) is 13.9. The number of nitrogens with one attached hydrogen (secondary N) is 1. The van der Waals surface area contributed by atoms with Crippen molar-refractivity contribution in [3.8, 4) is 5.75 Å². The Morgan fingerprint density at radius 3 is 2.52 bits per heavy atom. The van der Waals surface area contributed by atoms with Gasteiger partial charge >= 0.3 is 0 Å². The molecule has 1 aliphatic heterocycles. The molecule has 1 aromatic rings. The largest absolute Gasteiger partial charge is 0.508 e.